The minimum Gasteiger partial charge on any atom is -0.496 e. The van der Waals surface area contributed by atoms with E-state index in [-0.39, 0.29) is 6.10 Å². The first-order valence-electron chi connectivity index (χ1n) is 5.73. The number of benzene rings is 2. The van der Waals surface area contributed by atoms with Crippen LogP contribution >= 0.6 is 0 Å². The fourth-order valence-electron chi connectivity index (χ4n) is 2.29. The largest absolute Gasteiger partial charge is 0.496 e. The van der Waals surface area contributed by atoms with Crippen LogP contribution < -0.4 is 10.5 Å². The van der Waals surface area contributed by atoms with Crippen LogP contribution in [-0.4, -0.2) is 19.1 Å². The Morgan fingerprint density at radius 2 is 1.94 bits per heavy atom. The number of ether oxygens (including phenoxy) is 2. The summed E-state index contributed by atoms with van der Waals surface area (Å²) in [5.74, 6) is 0.394. The highest BCUT2D eigenvalue weighted by Gasteiger charge is 2.45. The van der Waals surface area contributed by atoms with Crippen molar-refractivity contribution in [2.75, 3.05) is 7.11 Å². The molecule has 18 heavy (non-hydrogen) atoms. The molecule has 92 valence electrons. The van der Waals surface area contributed by atoms with Gasteiger partial charge in [-0.25, -0.2) is 0 Å². The second-order valence-corrected chi connectivity index (χ2v) is 4.28. The number of fused-ring (bicyclic) bond motifs is 1. The lowest BCUT2D eigenvalue weighted by atomic mass is 10.00. The fourth-order valence-corrected chi connectivity index (χ4v) is 2.29. The second kappa shape index (κ2) is 3.99. The van der Waals surface area contributed by atoms with Crippen LogP contribution in [0.25, 0.3) is 10.8 Å². The molecule has 0 spiro atoms. The maximum atomic E-state index is 11.1. The van der Waals surface area contributed by atoms with Gasteiger partial charge in [-0.05, 0) is 17.0 Å². The fraction of sp³-hybridized carbons (Fsp3) is 0.214. The molecule has 3 rings (SSSR count). The molecule has 1 fully saturated rings. The summed E-state index contributed by atoms with van der Waals surface area (Å²) in [4.78, 5) is 11.1. The Bertz CT molecular complexity index is 623. The molecule has 0 bridgehead atoms. The zero-order chi connectivity index (χ0) is 12.7. The Morgan fingerprint density at radius 1 is 1.22 bits per heavy atom. The molecule has 0 aromatic heterocycles. The normalized spacial score (nSPS) is 21.8. The summed E-state index contributed by atoms with van der Waals surface area (Å²) in [6.45, 7) is 0. The number of rotatable bonds is 3. The molecule has 1 saturated heterocycles. The molecule has 2 atom stereocenters. The summed E-state index contributed by atoms with van der Waals surface area (Å²) in [7, 11) is 1.64. The number of epoxide rings is 1. The van der Waals surface area contributed by atoms with Gasteiger partial charge in [0.1, 0.15) is 11.9 Å². The number of hydrogen-bond donors (Lipinski definition) is 1. The van der Waals surface area contributed by atoms with E-state index in [9.17, 15) is 4.79 Å². The van der Waals surface area contributed by atoms with Crippen molar-refractivity contribution in [3.8, 4) is 5.75 Å². The Hall–Kier alpha value is -2.07. The molecule has 1 heterocycles. The van der Waals surface area contributed by atoms with Crippen molar-refractivity contribution in [2.45, 2.75) is 12.2 Å². The van der Waals surface area contributed by atoms with Gasteiger partial charge in [-0.3, -0.25) is 4.79 Å². The molecular formula is C14H13NO3. The zero-order valence-electron chi connectivity index (χ0n) is 9.92. The first-order valence-corrected chi connectivity index (χ1v) is 5.73. The second-order valence-electron chi connectivity index (χ2n) is 4.28. The van der Waals surface area contributed by atoms with Gasteiger partial charge in [0.25, 0.3) is 0 Å². The number of nitrogens with two attached hydrogens (primary N) is 1. The smallest absolute Gasteiger partial charge is 0.249 e. The maximum absolute atomic E-state index is 11.1. The van der Waals surface area contributed by atoms with E-state index in [2.05, 4.69) is 0 Å². The highest BCUT2D eigenvalue weighted by Crippen LogP contribution is 2.43. The van der Waals surface area contributed by atoms with Crippen molar-refractivity contribution in [1.29, 1.82) is 0 Å². The minimum atomic E-state index is -0.498. The third-order valence-corrected chi connectivity index (χ3v) is 3.22. The maximum Gasteiger partial charge on any atom is 0.249 e. The lowest BCUT2D eigenvalue weighted by molar-refractivity contribution is -0.119. The highest BCUT2D eigenvalue weighted by atomic mass is 16.6. The SMILES string of the molecule is COc1ccc(C2OC2C(N)=O)c2ccccc12. The molecule has 4 heteroatoms. The summed E-state index contributed by atoms with van der Waals surface area (Å²) >= 11 is 0. The van der Waals surface area contributed by atoms with Crippen molar-refractivity contribution in [3.63, 3.8) is 0 Å². The third-order valence-electron chi connectivity index (χ3n) is 3.22. The van der Waals surface area contributed by atoms with Gasteiger partial charge < -0.3 is 15.2 Å². The summed E-state index contributed by atoms with van der Waals surface area (Å²) in [5, 5.41) is 2.04. The average molecular weight is 243 g/mol. The number of amides is 1. The van der Waals surface area contributed by atoms with E-state index in [1.54, 1.807) is 7.11 Å². The standard InChI is InChI=1S/C14H13NO3/c1-17-11-7-6-10(12-13(18-12)14(15)16)8-4-2-3-5-9(8)11/h2-7,12-13H,1H3,(H2,15,16). The topological polar surface area (TPSA) is 64.8 Å². The Kier molecular flexibility index (Phi) is 2.45. The lowest BCUT2D eigenvalue weighted by Crippen LogP contribution is -2.18. The van der Waals surface area contributed by atoms with Crippen LogP contribution in [-0.2, 0) is 9.53 Å². The van der Waals surface area contributed by atoms with Crippen molar-refractivity contribution in [3.05, 3.63) is 42.0 Å². The molecule has 0 saturated carbocycles. The van der Waals surface area contributed by atoms with Gasteiger partial charge in [0.2, 0.25) is 5.91 Å². The van der Waals surface area contributed by atoms with Crippen LogP contribution in [0.4, 0.5) is 0 Å². The van der Waals surface area contributed by atoms with E-state index in [0.29, 0.717) is 0 Å². The Labute approximate surface area is 104 Å². The summed E-state index contributed by atoms with van der Waals surface area (Å²) < 4.78 is 10.7. The minimum absolute atomic E-state index is 0.224. The number of primary amides is 1. The van der Waals surface area contributed by atoms with Gasteiger partial charge in [-0.15, -0.1) is 0 Å². The van der Waals surface area contributed by atoms with E-state index in [1.807, 2.05) is 36.4 Å². The first-order chi connectivity index (χ1) is 8.72. The zero-order valence-corrected chi connectivity index (χ0v) is 9.92. The molecule has 2 N–H and O–H groups in total. The first kappa shape index (κ1) is 11.0. The molecule has 1 amide bonds. The molecule has 2 unspecified atom stereocenters. The molecule has 0 radical (unpaired) electrons. The van der Waals surface area contributed by atoms with E-state index >= 15 is 0 Å². The van der Waals surface area contributed by atoms with Gasteiger partial charge in [-0.2, -0.15) is 0 Å². The Morgan fingerprint density at radius 3 is 2.56 bits per heavy atom. The predicted molar refractivity (Wildman–Crippen MR) is 67.3 cm³/mol. The van der Waals surface area contributed by atoms with Crippen LogP contribution in [0.15, 0.2) is 36.4 Å². The van der Waals surface area contributed by atoms with Gasteiger partial charge >= 0.3 is 0 Å². The van der Waals surface area contributed by atoms with Crippen LogP contribution in [0.2, 0.25) is 0 Å². The van der Waals surface area contributed by atoms with Crippen LogP contribution in [0.1, 0.15) is 11.7 Å². The number of carbonyl (C=O) groups is 1. The van der Waals surface area contributed by atoms with Crippen molar-refractivity contribution < 1.29 is 14.3 Å². The van der Waals surface area contributed by atoms with Gasteiger partial charge in [0, 0.05) is 5.39 Å². The average Bonchev–Trinajstić information content (AvgIpc) is 3.17. The number of hydrogen-bond acceptors (Lipinski definition) is 3. The molecule has 2 aromatic rings. The number of carbonyl (C=O) groups excluding carboxylic acids is 1. The van der Waals surface area contributed by atoms with Gasteiger partial charge in [-0.1, -0.05) is 30.3 Å². The van der Waals surface area contributed by atoms with Gasteiger partial charge in [0.15, 0.2) is 6.10 Å². The molecular weight excluding hydrogens is 230 g/mol. The van der Waals surface area contributed by atoms with Gasteiger partial charge in [0.05, 0.1) is 7.11 Å². The lowest BCUT2D eigenvalue weighted by Gasteiger charge is -2.08. The Balaban J connectivity index is 2.12. The highest BCUT2D eigenvalue weighted by molar-refractivity contribution is 5.93. The van der Waals surface area contributed by atoms with E-state index in [1.165, 1.54) is 0 Å². The van der Waals surface area contributed by atoms with E-state index < -0.39 is 12.0 Å². The summed E-state index contributed by atoms with van der Waals surface area (Å²) in [6.07, 6.45) is -0.722. The third kappa shape index (κ3) is 1.62. The molecule has 1 aliphatic heterocycles. The summed E-state index contributed by atoms with van der Waals surface area (Å²) in [6, 6.07) is 11.7. The van der Waals surface area contributed by atoms with E-state index in [0.717, 1.165) is 22.1 Å². The molecule has 4 nitrogen and oxygen atoms in total. The predicted octanol–water partition coefficient (Wildman–Crippen LogP) is 1.77. The van der Waals surface area contributed by atoms with Crippen molar-refractivity contribution >= 4 is 16.7 Å². The van der Waals surface area contributed by atoms with Crippen molar-refractivity contribution in [2.24, 2.45) is 5.73 Å². The monoisotopic (exact) mass is 243 g/mol. The molecule has 0 aliphatic carbocycles. The molecule has 2 aromatic carbocycles. The quantitative estimate of drug-likeness (QED) is 0.835. The van der Waals surface area contributed by atoms with Crippen LogP contribution in [0, 0.1) is 0 Å². The van der Waals surface area contributed by atoms with Crippen LogP contribution in [0.5, 0.6) is 5.75 Å². The summed E-state index contributed by atoms with van der Waals surface area (Å²) in [5.41, 5.74) is 6.22. The van der Waals surface area contributed by atoms with Crippen molar-refractivity contribution in [1.82, 2.24) is 0 Å². The molecule has 1 aliphatic rings. The van der Waals surface area contributed by atoms with E-state index in [4.69, 9.17) is 15.2 Å². The number of methoxy groups -OCH3 is 1. The van der Waals surface area contributed by atoms with Crippen LogP contribution in [0.3, 0.4) is 0 Å².